The van der Waals surface area contributed by atoms with Gasteiger partial charge in [-0.3, -0.25) is 0 Å². The molecular weight excluding hydrogens is 192 g/mol. The van der Waals surface area contributed by atoms with Crippen LogP contribution in [0.3, 0.4) is 0 Å². The van der Waals surface area contributed by atoms with E-state index in [0.29, 0.717) is 19.3 Å². The highest BCUT2D eigenvalue weighted by atomic mass is 16.5. The minimum Gasteiger partial charge on any atom is -0.372 e. The molecule has 86 valence electrons. The average Bonchev–Trinajstić information content (AvgIpc) is 2.49. The second-order valence-corrected chi connectivity index (χ2v) is 4.70. The van der Waals surface area contributed by atoms with E-state index in [0.717, 1.165) is 5.82 Å². The molecule has 0 saturated carbocycles. The van der Waals surface area contributed by atoms with E-state index >= 15 is 0 Å². The van der Waals surface area contributed by atoms with Gasteiger partial charge in [0.05, 0.1) is 6.61 Å². The van der Waals surface area contributed by atoms with Gasteiger partial charge in [0.2, 0.25) is 0 Å². The summed E-state index contributed by atoms with van der Waals surface area (Å²) in [6.45, 7) is 8.95. The van der Waals surface area contributed by atoms with Crippen molar-refractivity contribution in [3.05, 3.63) is 12.2 Å². The highest BCUT2D eigenvalue weighted by Gasteiger charge is 2.12. The fourth-order valence-electron chi connectivity index (χ4n) is 1.21. The van der Waals surface area contributed by atoms with Crippen LogP contribution in [0.5, 0.6) is 0 Å². The molecule has 0 aliphatic rings. The molecule has 5 nitrogen and oxygen atoms in total. The number of rotatable bonds is 5. The summed E-state index contributed by atoms with van der Waals surface area (Å²) in [4.78, 5) is 4.14. The smallest absolute Gasteiger partial charge is 0.153 e. The van der Waals surface area contributed by atoms with E-state index in [4.69, 9.17) is 10.5 Å². The van der Waals surface area contributed by atoms with Crippen LogP contribution in [0.25, 0.3) is 0 Å². The molecule has 1 rings (SSSR count). The standard InChI is InChI=1S/C10H20N4O/c1-8(2)14-9(12-7-13-14)5-15-6-10(3,4)11/h7-8H,5-6,11H2,1-4H3. The topological polar surface area (TPSA) is 66.0 Å². The van der Waals surface area contributed by atoms with Crippen molar-refractivity contribution >= 4 is 0 Å². The molecule has 0 bridgehead atoms. The van der Waals surface area contributed by atoms with Gasteiger partial charge in [0.1, 0.15) is 12.9 Å². The highest BCUT2D eigenvalue weighted by Crippen LogP contribution is 2.07. The summed E-state index contributed by atoms with van der Waals surface area (Å²) in [6, 6.07) is 0.303. The summed E-state index contributed by atoms with van der Waals surface area (Å²) in [6.07, 6.45) is 1.55. The van der Waals surface area contributed by atoms with Gasteiger partial charge in [-0.25, -0.2) is 9.67 Å². The zero-order valence-electron chi connectivity index (χ0n) is 9.90. The van der Waals surface area contributed by atoms with Crippen molar-refractivity contribution in [3.63, 3.8) is 0 Å². The third kappa shape index (κ3) is 3.97. The summed E-state index contributed by atoms with van der Waals surface area (Å²) >= 11 is 0. The molecule has 0 radical (unpaired) electrons. The van der Waals surface area contributed by atoms with Crippen LogP contribution in [0.4, 0.5) is 0 Å². The average molecular weight is 212 g/mol. The molecule has 0 aromatic carbocycles. The normalized spacial score (nSPS) is 12.4. The molecule has 0 saturated heterocycles. The Morgan fingerprint density at radius 3 is 2.73 bits per heavy atom. The lowest BCUT2D eigenvalue weighted by Gasteiger charge is -2.18. The number of aromatic nitrogens is 3. The van der Waals surface area contributed by atoms with Crippen LogP contribution in [0.1, 0.15) is 39.6 Å². The molecular formula is C10H20N4O. The summed E-state index contributed by atoms with van der Waals surface area (Å²) < 4.78 is 7.34. The second kappa shape index (κ2) is 4.72. The van der Waals surface area contributed by atoms with Gasteiger partial charge in [-0.2, -0.15) is 5.10 Å². The third-order valence-corrected chi connectivity index (χ3v) is 1.84. The Bertz CT molecular complexity index is 301. The first kappa shape index (κ1) is 12.1. The first-order valence-corrected chi connectivity index (χ1v) is 5.15. The molecule has 0 spiro atoms. The Morgan fingerprint density at radius 2 is 2.20 bits per heavy atom. The van der Waals surface area contributed by atoms with Crippen LogP contribution in [-0.4, -0.2) is 26.9 Å². The Kier molecular flexibility index (Phi) is 3.82. The minimum atomic E-state index is -0.303. The summed E-state index contributed by atoms with van der Waals surface area (Å²) in [5.74, 6) is 0.842. The van der Waals surface area contributed by atoms with Gasteiger partial charge < -0.3 is 10.5 Å². The number of ether oxygens (including phenoxy) is 1. The minimum absolute atomic E-state index is 0.303. The lowest BCUT2D eigenvalue weighted by Crippen LogP contribution is -2.37. The molecule has 1 heterocycles. The summed E-state index contributed by atoms with van der Waals surface area (Å²) in [7, 11) is 0. The molecule has 0 fully saturated rings. The summed E-state index contributed by atoms with van der Waals surface area (Å²) in [5, 5.41) is 4.13. The SMILES string of the molecule is CC(C)n1ncnc1COCC(C)(C)N. The molecule has 1 aromatic heterocycles. The Labute approximate surface area is 90.6 Å². The van der Waals surface area contributed by atoms with Crippen LogP contribution in [0.15, 0.2) is 6.33 Å². The first-order valence-electron chi connectivity index (χ1n) is 5.15. The van der Waals surface area contributed by atoms with Crippen molar-refractivity contribution in [1.29, 1.82) is 0 Å². The van der Waals surface area contributed by atoms with E-state index in [9.17, 15) is 0 Å². The second-order valence-electron chi connectivity index (χ2n) is 4.70. The Hall–Kier alpha value is -0.940. The zero-order chi connectivity index (χ0) is 11.5. The van der Waals surface area contributed by atoms with Crippen molar-refractivity contribution in [2.24, 2.45) is 5.73 Å². The summed E-state index contributed by atoms with van der Waals surface area (Å²) in [5.41, 5.74) is 5.50. The Balaban J connectivity index is 2.47. The number of hydrogen-bond donors (Lipinski definition) is 1. The molecule has 0 amide bonds. The molecule has 2 N–H and O–H groups in total. The van der Waals surface area contributed by atoms with Gasteiger partial charge in [-0.05, 0) is 27.7 Å². The largest absolute Gasteiger partial charge is 0.372 e. The maximum absolute atomic E-state index is 5.80. The van der Waals surface area contributed by atoms with E-state index in [1.54, 1.807) is 6.33 Å². The number of nitrogens with zero attached hydrogens (tertiary/aromatic N) is 3. The lowest BCUT2D eigenvalue weighted by atomic mass is 10.1. The molecule has 15 heavy (non-hydrogen) atoms. The van der Waals surface area contributed by atoms with Crippen molar-refractivity contribution in [2.75, 3.05) is 6.61 Å². The molecule has 0 aliphatic carbocycles. The van der Waals surface area contributed by atoms with Crippen molar-refractivity contribution < 1.29 is 4.74 Å². The van der Waals surface area contributed by atoms with Gasteiger partial charge in [0.15, 0.2) is 5.82 Å². The van der Waals surface area contributed by atoms with Gasteiger partial charge >= 0.3 is 0 Å². The predicted octanol–water partition coefficient (Wildman–Crippen LogP) is 1.11. The van der Waals surface area contributed by atoms with Crippen LogP contribution >= 0.6 is 0 Å². The van der Waals surface area contributed by atoms with Crippen LogP contribution in [0.2, 0.25) is 0 Å². The van der Waals surface area contributed by atoms with Gasteiger partial charge in [0, 0.05) is 11.6 Å². The third-order valence-electron chi connectivity index (χ3n) is 1.84. The fourth-order valence-corrected chi connectivity index (χ4v) is 1.21. The lowest BCUT2D eigenvalue weighted by molar-refractivity contribution is 0.0775. The monoisotopic (exact) mass is 212 g/mol. The van der Waals surface area contributed by atoms with Crippen LogP contribution in [0, 0.1) is 0 Å². The van der Waals surface area contributed by atoms with E-state index in [2.05, 4.69) is 23.9 Å². The maximum Gasteiger partial charge on any atom is 0.153 e. The van der Waals surface area contributed by atoms with Crippen molar-refractivity contribution in [3.8, 4) is 0 Å². The van der Waals surface area contributed by atoms with E-state index in [1.807, 2.05) is 18.5 Å². The van der Waals surface area contributed by atoms with E-state index < -0.39 is 0 Å². The Morgan fingerprint density at radius 1 is 1.53 bits per heavy atom. The highest BCUT2D eigenvalue weighted by molar-refractivity contribution is 4.84. The number of hydrogen-bond acceptors (Lipinski definition) is 4. The van der Waals surface area contributed by atoms with Gasteiger partial charge in [0.25, 0.3) is 0 Å². The first-order chi connectivity index (χ1) is 6.90. The van der Waals surface area contributed by atoms with Crippen molar-refractivity contribution in [2.45, 2.75) is 45.9 Å². The quantitative estimate of drug-likeness (QED) is 0.794. The number of nitrogens with two attached hydrogens (primary N) is 1. The van der Waals surface area contributed by atoms with Crippen molar-refractivity contribution in [1.82, 2.24) is 14.8 Å². The van der Waals surface area contributed by atoms with Gasteiger partial charge in [-0.1, -0.05) is 0 Å². The van der Waals surface area contributed by atoms with Crippen LogP contribution in [-0.2, 0) is 11.3 Å². The molecule has 0 atom stereocenters. The molecule has 0 unspecified atom stereocenters. The fraction of sp³-hybridized carbons (Fsp3) is 0.800. The van der Waals surface area contributed by atoms with E-state index in [1.165, 1.54) is 0 Å². The molecule has 5 heteroatoms. The zero-order valence-corrected chi connectivity index (χ0v) is 9.90. The van der Waals surface area contributed by atoms with Gasteiger partial charge in [-0.15, -0.1) is 0 Å². The maximum atomic E-state index is 5.80. The molecule has 0 aliphatic heterocycles. The van der Waals surface area contributed by atoms with Crippen LogP contribution < -0.4 is 5.73 Å². The van der Waals surface area contributed by atoms with E-state index in [-0.39, 0.29) is 5.54 Å². The molecule has 1 aromatic rings. The predicted molar refractivity (Wildman–Crippen MR) is 58.3 cm³/mol.